The molecule has 19 heavy (non-hydrogen) atoms. The first-order valence-electron chi connectivity index (χ1n) is 6.90. The fourth-order valence-electron chi connectivity index (χ4n) is 2.95. The van der Waals surface area contributed by atoms with Gasteiger partial charge in [-0.25, -0.2) is 0 Å². The molecule has 2 rings (SSSR count). The summed E-state index contributed by atoms with van der Waals surface area (Å²) < 4.78 is 0. The van der Waals surface area contributed by atoms with Crippen LogP contribution in [0.25, 0.3) is 0 Å². The van der Waals surface area contributed by atoms with E-state index in [9.17, 15) is 9.90 Å². The van der Waals surface area contributed by atoms with E-state index >= 15 is 0 Å². The number of fused-ring (bicyclic) bond motifs is 1. The minimum atomic E-state index is -0.830. The second-order valence-corrected chi connectivity index (χ2v) is 6.33. The van der Waals surface area contributed by atoms with Crippen LogP contribution in [-0.4, -0.2) is 23.2 Å². The van der Waals surface area contributed by atoms with Crippen LogP contribution in [0.2, 0.25) is 0 Å². The van der Waals surface area contributed by atoms with Gasteiger partial charge >= 0.3 is 5.97 Å². The molecule has 0 saturated heterocycles. The molecule has 1 unspecified atom stereocenters. The molecular weight excluding hydrogens is 238 g/mol. The zero-order chi connectivity index (χ0) is 14.4. The van der Waals surface area contributed by atoms with Crippen molar-refractivity contribution in [1.29, 1.82) is 0 Å². The molecule has 1 heterocycles. The third kappa shape index (κ3) is 2.22. The van der Waals surface area contributed by atoms with Crippen LogP contribution in [0.5, 0.6) is 0 Å². The molecule has 1 aromatic rings. The number of carboxylic acids is 1. The van der Waals surface area contributed by atoms with Crippen LogP contribution >= 0.6 is 0 Å². The third-order valence-electron chi connectivity index (χ3n) is 4.16. The van der Waals surface area contributed by atoms with Crippen LogP contribution in [0, 0.1) is 0 Å². The van der Waals surface area contributed by atoms with E-state index in [4.69, 9.17) is 0 Å². The number of hydrogen-bond acceptors (Lipinski definition) is 2. The molecule has 0 amide bonds. The molecule has 0 saturated carbocycles. The van der Waals surface area contributed by atoms with E-state index in [1.54, 1.807) is 13.8 Å². The Bertz CT molecular complexity index is 505. The Hall–Kier alpha value is -1.51. The van der Waals surface area contributed by atoms with Crippen LogP contribution in [0.3, 0.4) is 0 Å². The Morgan fingerprint density at radius 2 is 2.05 bits per heavy atom. The number of nitrogens with zero attached hydrogens (tertiary/aromatic N) is 1. The maximum absolute atomic E-state index is 11.3. The van der Waals surface area contributed by atoms with Gasteiger partial charge in [-0.1, -0.05) is 12.1 Å². The van der Waals surface area contributed by atoms with Crippen molar-refractivity contribution in [3.63, 3.8) is 0 Å². The lowest BCUT2D eigenvalue weighted by Crippen LogP contribution is -2.35. The number of carbonyl (C=O) groups is 1. The monoisotopic (exact) mass is 261 g/mol. The van der Waals surface area contributed by atoms with Crippen molar-refractivity contribution in [2.75, 3.05) is 4.90 Å². The molecule has 3 heteroatoms. The topological polar surface area (TPSA) is 40.5 Å². The van der Waals surface area contributed by atoms with E-state index in [1.807, 2.05) is 6.07 Å². The van der Waals surface area contributed by atoms with E-state index in [0.29, 0.717) is 12.1 Å². The van der Waals surface area contributed by atoms with Gasteiger partial charge in [0.15, 0.2) is 0 Å². The quantitative estimate of drug-likeness (QED) is 0.908. The SMILES string of the molecule is CC(C)N1c2ccc(C(C)(C)C(=O)O)cc2CC1C. The third-order valence-corrected chi connectivity index (χ3v) is 4.16. The zero-order valence-electron chi connectivity index (χ0n) is 12.4. The lowest BCUT2D eigenvalue weighted by molar-refractivity contribution is -0.142. The molecule has 1 aliphatic heterocycles. The fourth-order valence-corrected chi connectivity index (χ4v) is 2.95. The second-order valence-electron chi connectivity index (χ2n) is 6.33. The van der Waals surface area contributed by atoms with Crippen LogP contribution in [-0.2, 0) is 16.6 Å². The zero-order valence-corrected chi connectivity index (χ0v) is 12.4. The van der Waals surface area contributed by atoms with Crippen LogP contribution in [0.1, 0.15) is 45.7 Å². The summed E-state index contributed by atoms with van der Waals surface area (Å²) in [6.07, 6.45) is 0.997. The number of aliphatic carboxylic acids is 1. The smallest absolute Gasteiger partial charge is 0.313 e. The maximum atomic E-state index is 11.3. The highest BCUT2D eigenvalue weighted by atomic mass is 16.4. The fraction of sp³-hybridized carbons (Fsp3) is 0.562. The van der Waals surface area contributed by atoms with Gasteiger partial charge in [-0.15, -0.1) is 0 Å². The normalized spacial score (nSPS) is 18.8. The van der Waals surface area contributed by atoms with Gasteiger partial charge in [0.1, 0.15) is 0 Å². The van der Waals surface area contributed by atoms with E-state index < -0.39 is 11.4 Å². The predicted molar refractivity (Wildman–Crippen MR) is 77.9 cm³/mol. The molecule has 1 atom stereocenters. The number of rotatable bonds is 3. The minimum absolute atomic E-state index is 0.467. The van der Waals surface area contributed by atoms with Gasteiger partial charge in [0.05, 0.1) is 5.41 Å². The number of benzene rings is 1. The predicted octanol–water partition coefficient (Wildman–Crippen LogP) is 3.21. The van der Waals surface area contributed by atoms with Crippen LogP contribution in [0.15, 0.2) is 18.2 Å². The Labute approximate surface area is 115 Å². The Balaban J connectivity index is 2.43. The summed E-state index contributed by atoms with van der Waals surface area (Å²) in [6.45, 7) is 10.1. The molecule has 0 bridgehead atoms. The van der Waals surface area contributed by atoms with Crippen molar-refractivity contribution in [2.24, 2.45) is 0 Å². The number of hydrogen-bond donors (Lipinski definition) is 1. The highest BCUT2D eigenvalue weighted by Crippen LogP contribution is 2.36. The summed E-state index contributed by atoms with van der Waals surface area (Å²) in [4.78, 5) is 13.8. The van der Waals surface area contributed by atoms with E-state index in [2.05, 4.69) is 37.8 Å². The van der Waals surface area contributed by atoms with Gasteiger partial charge in [-0.3, -0.25) is 4.79 Å². The van der Waals surface area contributed by atoms with Gasteiger partial charge in [-0.05, 0) is 58.2 Å². The summed E-state index contributed by atoms with van der Waals surface area (Å²) in [5, 5.41) is 9.32. The molecule has 1 N–H and O–H groups in total. The molecule has 104 valence electrons. The lowest BCUT2D eigenvalue weighted by atomic mass is 9.83. The number of anilines is 1. The van der Waals surface area contributed by atoms with E-state index in [1.165, 1.54) is 11.3 Å². The first kappa shape index (κ1) is 13.9. The number of carboxylic acid groups (broad SMARTS) is 1. The largest absolute Gasteiger partial charge is 0.481 e. The van der Waals surface area contributed by atoms with E-state index in [-0.39, 0.29) is 0 Å². The second kappa shape index (κ2) is 4.55. The first-order chi connectivity index (χ1) is 8.75. The Morgan fingerprint density at radius 3 is 2.58 bits per heavy atom. The average molecular weight is 261 g/mol. The van der Waals surface area contributed by atoms with Gasteiger partial charge < -0.3 is 10.0 Å². The van der Waals surface area contributed by atoms with Crippen molar-refractivity contribution >= 4 is 11.7 Å². The molecule has 0 aromatic heterocycles. The van der Waals surface area contributed by atoms with Crippen LogP contribution < -0.4 is 4.90 Å². The van der Waals surface area contributed by atoms with Gasteiger partial charge in [0, 0.05) is 17.8 Å². The van der Waals surface area contributed by atoms with Gasteiger partial charge in [-0.2, -0.15) is 0 Å². The van der Waals surface area contributed by atoms with Crippen molar-refractivity contribution in [3.05, 3.63) is 29.3 Å². The van der Waals surface area contributed by atoms with Crippen molar-refractivity contribution in [3.8, 4) is 0 Å². The maximum Gasteiger partial charge on any atom is 0.313 e. The summed E-state index contributed by atoms with van der Waals surface area (Å²) in [5.74, 6) is -0.779. The highest BCUT2D eigenvalue weighted by molar-refractivity contribution is 5.81. The molecule has 0 spiro atoms. The van der Waals surface area contributed by atoms with Crippen LogP contribution in [0.4, 0.5) is 5.69 Å². The first-order valence-corrected chi connectivity index (χ1v) is 6.90. The average Bonchev–Trinajstić information content (AvgIpc) is 2.63. The lowest BCUT2D eigenvalue weighted by Gasteiger charge is -2.29. The molecule has 1 aromatic carbocycles. The molecular formula is C16H23NO2. The van der Waals surface area contributed by atoms with Crippen molar-refractivity contribution in [2.45, 2.75) is 58.5 Å². The summed E-state index contributed by atoms with van der Waals surface area (Å²) in [5.41, 5.74) is 2.58. The summed E-state index contributed by atoms with van der Waals surface area (Å²) in [6, 6.07) is 7.06. The molecule has 3 nitrogen and oxygen atoms in total. The van der Waals surface area contributed by atoms with E-state index in [0.717, 1.165) is 12.0 Å². The molecule has 1 aliphatic rings. The minimum Gasteiger partial charge on any atom is -0.481 e. The van der Waals surface area contributed by atoms with Crippen molar-refractivity contribution < 1.29 is 9.90 Å². The van der Waals surface area contributed by atoms with Gasteiger partial charge in [0.25, 0.3) is 0 Å². The summed E-state index contributed by atoms with van der Waals surface area (Å²) in [7, 11) is 0. The van der Waals surface area contributed by atoms with Gasteiger partial charge in [0.2, 0.25) is 0 Å². The summed E-state index contributed by atoms with van der Waals surface area (Å²) >= 11 is 0. The molecule has 0 fully saturated rings. The molecule has 0 aliphatic carbocycles. The van der Waals surface area contributed by atoms with Crippen molar-refractivity contribution in [1.82, 2.24) is 0 Å². The Kier molecular flexibility index (Phi) is 3.33. The Morgan fingerprint density at radius 1 is 1.42 bits per heavy atom. The molecule has 0 radical (unpaired) electrons. The standard InChI is InChI=1S/C16H23NO2/c1-10(2)17-11(3)8-12-9-13(6-7-14(12)17)16(4,5)15(18)19/h6-7,9-11H,8H2,1-5H3,(H,18,19). The highest BCUT2D eigenvalue weighted by Gasteiger charge is 2.33.